The number of aromatic amines is 1. The first-order chi connectivity index (χ1) is 9.08. The molecule has 1 aromatic heterocycles. The molecule has 1 unspecified atom stereocenters. The number of nitrogens with two attached hydrogens (primary N) is 1. The van der Waals surface area contributed by atoms with Crippen molar-refractivity contribution in [3.63, 3.8) is 0 Å². The molecule has 0 aliphatic carbocycles. The predicted molar refractivity (Wildman–Crippen MR) is 69.3 cm³/mol. The Morgan fingerprint density at radius 3 is 2.95 bits per heavy atom. The lowest BCUT2D eigenvalue weighted by molar-refractivity contribution is -0.125. The third kappa shape index (κ3) is 3.15. The number of benzene rings is 1. The largest absolute Gasteiger partial charge is 0.382 e. The van der Waals surface area contributed by atoms with Gasteiger partial charge in [-0.2, -0.15) is 0 Å². The first kappa shape index (κ1) is 13.2. The van der Waals surface area contributed by atoms with E-state index < -0.39 is 12.0 Å². The van der Waals surface area contributed by atoms with Crippen LogP contribution in [0.1, 0.15) is 5.82 Å². The number of rotatable bonds is 5. The minimum Gasteiger partial charge on any atom is -0.382 e. The van der Waals surface area contributed by atoms with E-state index in [4.69, 9.17) is 5.73 Å². The minimum absolute atomic E-state index is 0.00582. The SMILES string of the molecule is NC(=O)C(O)CNCc1nc2ccccc2c(=O)[nH]1. The average molecular weight is 262 g/mol. The van der Waals surface area contributed by atoms with Crippen LogP contribution in [-0.4, -0.2) is 33.6 Å². The molecular formula is C12H14N4O3. The van der Waals surface area contributed by atoms with Crippen LogP contribution in [0.3, 0.4) is 0 Å². The number of hydrogen-bond donors (Lipinski definition) is 4. The van der Waals surface area contributed by atoms with Gasteiger partial charge in [0, 0.05) is 6.54 Å². The van der Waals surface area contributed by atoms with Crippen molar-refractivity contribution in [1.82, 2.24) is 15.3 Å². The molecule has 2 aromatic rings. The number of hydrogen-bond acceptors (Lipinski definition) is 5. The zero-order valence-electron chi connectivity index (χ0n) is 10.1. The zero-order valence-corrected chi connectivity index (χ0v) is 10.1. The molecular weight excluding hydrogens is 248 g/mol. The Hall–Kier alpha value is -2.25. The summed E-state index contributed by atoms with van der Waals surface area (Å²) in [5.41, 5.74) is 5.28. The summed E-state index contributed by atoms with van der Waals surface area (Å²) in [5, 5.41) is 12.5. The van der Waals surface area contributed by atoms with E-state index in [-0.39, 0.29) is 18.6 Å². The van der Waals surface area contributed by atoms with Crippen LogP contribution in [0.4, 0.5) is 0 Å². The highest BCUT2D eigenvalue weighted by Crippen LogP contribution is 2.05. The number of carbonyl (C=O) groups excluding carboxylic acids is 1. The number of aliphatic hydroxyl groups excluding tert-OH is 1. The number of aliphatic hydroxyl groups is 1. The van der Waals surface area contributed by atoms with Crippen LogP contribution in [0.2, 0.25) is 0 Å². The Labute approximate surface area is 108 Å². The molecule has 7 heteroatoms. The molecule has 7 nitrogen and oxygen atoms in total. The van der Waals surface area contributed by atoms with E-state index in [1.807, 2.05) is 0 Å². The molecule has 1 aromatic carbocycles. The van der Waals surface area contributed by atoms with E-state index in [1.165, 1.54) is 0 Å². The van der Waals surface area contributed by atoms with Crippen molar-refractivity contribution in [2.75, 3.05) is 6.54 Å². The molecule has 100 valence electrons. The first-order valence-electron chi connectivity index (χ1n) is 5.74. The molecule has 5 N–H and O–H groups in total. The molecule has 19 heavy (non-hydrogen) atoms. The Balaban J connectivity index is 2.09. The molecule has 0 aliphatic rings. The number of fused-ring (bicyclic) bond motifs is 1. The Morgan fingerprint density at radius 1 is 1.47 bits per heavy atom. The summed E-state index contributed by atoms with van der Waals surface area (Å²) in [6.45, 7) is 0.232. The third-order valence-corrected chi connectivity index (χ3v) is 2.62. The van der Waals surface area contributed by atoms with Crippen molar-refractivity contribution in [3.8, 4) is 0 Å². The minimum atomic E-state index is -1.26. The maximum Gasteiger partial charge on any atom is 0.258 e. The van der Waals surface area contributed by atoms with Crippen molar-refractivity contribution in [2.45, 2.75) is 12.6 Å². The van der Waals surface area contributed by atoms with Crippen LogP contribution in [0.25, 0.3) is 10.9 Å². The van der Waals surface area contributed by atoms with Gasteiger partial charge in [0.1, 0.15) is 11.9 Å². The predicted octanol–water partition coefficient (Wildman–Crippen LogP) is -1.14. The molecule has 1 heterocycles. The maximum atomic E-state index is 11.8. The van der Waals surface area contributed by atoms with Crippen molar-refractivity contribution in [2.24, 2.45) is 5.73 Å². The Morgan fingerprint density at radius 2 is 2.21 bits per heavy atom. The van der Waals surface area contributed by atoms with Gasteiger partial charge in [-0.3, -0.25) is 9.59 Å². The third-order valence-electron chi connectivity index (χ3n) is 2.62. The summed E-state index contributed by atoms with van der Waals surface area (Å²) in [7, 11) is 0. The quantitative estimate of drug-likeness (QED) is 0.542. The number of H-pyrrole nitrogens is 1. The van der Waals surface area contributed by atoms with Gasteiger partial charge in [-0.15, -0.1) is 0 Å². The van der Waals surface area contributed by atoms with E-state index in [0.29, 0.717) is 16.7 Å². The van der Waals surface area contributed by atoms with Gasteiger partial charge in [0.15, 0.2) is 0 Å². The van der Waals surface area contributed by atoms with Crippen LogP contribution in [0.5, 0.6) is 0 Å². The van der Waals surface area contributed by atoms with E-state index in [2.05, 4.69) is 15.3 Å². The van der Waals surface area contributed by atoms with E-state index in [9.17, 15) is 14.7 Å². The monoisotopic (exact) mass is 262 g/mol. The number of para-hydroxylation sites is 1. The fourth-order valence-corrected chi connectivity index (χ4v) is 1.65. The molecule has 0 saturated heterocycles. The zero-order chi connectivity index (χ0) is 13.8. The van der Waals surface area contributed by atoms with Gasteiger partial charge in [-0.1, -0.05) is 12.1 Å². The summed E-state index contributed by atoms with van der Waals surface area (Å²) in [6.07, 6.45) is -1.26. The summed E-state index contributed by atoms with van der Waals surface area (Å²) in [4.78, 5) is 29.3. The van der Waals surface area contributed by atoms with Crippen molar-refractivity contribution in [1.29, 1.82) is 0 Å². The fourth-order valence-electron chi connectivity index (χ4n) is 1.65. The van der Waals surface area contributed by atoms with Crippen LogP contribution in [-0.2, 0) is 11.3 Å². The normalized spacial score (nSPS) is 12.5. The molecule has 2 rings (SSSR count). The molecule has 0 fully saturated rings. The average Bonchev–Trinajstić information content (AvgIpc) is 2.38. The van der Waals surface area contributed by atoms with Gasteiger partial charge in [-0.05, 0) is 12.1 Å². The second kappa shape index (κ2) is 5.59. The van der Waals surface area contributed by atoms with Crippen molar-refractivity contribution in [3.05, 3.63) is 40.4 Å². The van der Waals surface area contributed by atoms with Gasteiger partial charge in [-0.25, -0.2) is 4.98 Å². The highest BCUT2D eigenvalue weighted by molar-refractivity contribution is 5.78. The van der Waals surface area contributed by atoms with Crippen molar-refractivity contribution >= 4 is 16.8 Å². The lowest BCUT2D eigenvalue weighted by Gasteiger charge is -2.08. The van der Waals surface area contributed by atoms with Crippen LogP contribution >= 0.6 is 0 Å². The second-order valence-corrected chi connectivity index (χ2v) is 4.08. The smallest absolute Gasteiger partial charge is 0.258 e. The number of primary amides is 1. The highest BCUT2D eigenvalue weighted by Gasteiger charge is 2.10. The van der Waals surface area contributed by atoms with Gasteiger partial charge in [0.05, 0.1) is 17.4 Å². The molecule has 0 bridgehead atoms. The Kier molecular flexibility index (Phi) is 3.88. The lowest BCUT2D eigenvalue weighted by Crippen LogP contribution is -2.37. The standard InChI is InChI=1S/C12H14N4O3/c13-11(18)9(17)5-14-6-10-15-8-4-2-1-3-7(8)12(19)16-10/h1-4,9,14,17H,5-6H2,(H2,13,18)(H,15,16,19). The molecule has 0 radical (unpaired) electrons. The van der Waals surface area contributed by atoms with E-state index >= 15 is 0 Å². The summed E-state index contributed by atoms with van der Waals surface area (Å²) in [5.74, 6) is -0.368. The fraction of sp³-hybridized carbons (Fsp3) is 0.250. The number of carbonyl (C=O) groups is 1. The Bertz CT molecular complexity index is 653. The second-order valence-electron chi connectivity index (χ2n) is 4.08. The van der Waals surface area contributed by atoms with E-state index in [1.54, 1.807) is 24.3 Å². The summed E-state index contributed by atoms with van der Waals surface area (Å²) in [6, 6.07) is 6.99. The number of amides is 1. The van der Waals surface area contributed by atoms with Crippen molar-refractivity contribution < 1.29 is 9.90 Å². The highest BCUT2D eigenvalue weighted by atomic mass is 16.3. The van der Waals surface area contributed by atoms with Crippen LogP contribution < -0.4 is 16.6 Å². The first-order valence-corrected chi connectivity index (χ1v) is 5.74. The summed E-state index contributed by atoms with van der Waals surface area (Å²) >= 11 is 0. The molecule has 1 amide bonds. The maximum absolute atomic E-state index is 11.8. The van der Waals surface area contributed by atoms with Crippen LogP contribution in [0, 0.1) is 0 Å². The van der Waals surface area contributed by atoms with Gasteiger partial charge < -0.3 is 21.1 Å². The van der Waals surface area contributed by atoms with Gasteiger partial charge in [0.25, 0.3) is 5.56 Å². The number of nitrogens with one attached hydrogen (secondary N) is 2. The van der Waals surface area contributed by atoms with Gasteiger partial charge >= 0.3 is 0 Å². The van der Waals surface area contributed by atoms with Crippen LogP contribution in [0.15, 0.2) is 29.1 Å². The lowest BCUT2D eigenvalue weighted by atomic mass is 10.2. The molecule has 0 spiro atoms. The molecule has 0 saturated carbocycles. The topological polar surface area (TPSA) is 121 Å². The van der Waals surface area contributed by atoms with E-state index in [0.717, 1.165) is 0 Å². The number of aromatic nitrogens is 2. The summed E-state index contributed by atoms with van der Waals surface area (Å²) < 4.78 is 0. The van der Waals surface area contributed by atoms with Gasteiger partial charge in [0.2, 0.25) is 5.91 Å². The molecule has 1 atom stereocenters. The molecule has 0 aliphatic heterocycles. The number of nitrogens with zero attached hydrogens (tertiary/aromatic N) is 1.